The molecule has 0 amide bonds. The lowest BCUT2D eigenvalue weighted by molar-refractivity contribution is -0.598. The molecule has 0 heterocycles. The average Bonchev–Trinajstić information content (AvgIpc) is 3.06. The molecule has 0 atom stereocenters. The Morgan fingerprint density at radius 1 is 0.500 bits per heavy atom. The van der Waals surface area contributed by atoms with Crippen molar-refractivity contribution in [3.05, 3.63) is 188 Å². The predicted molar refractivity (Wildman–Crippen MR) is 188 cm³/mol. The molecule has 0 aliphatic heterocycles. The lowest BCUT2D eigenvalue weighted by Crippen LogP contribution is -3.61. The van der Waals surface area contributed by atoms with Gasteiger partial charge in [-0.3, -0.25) is 0 Å². The molecule has 0 nitrogen and oxygen atoms in total. The van der Waals surface area contributed by atoms with E-state index in [2.05, 4.69) is 191 Å². The fourth-order valence-electron chi connectivity index (χ4n) is 6.25. The van der Waals surface area contributed by atoms with Crippen LogP contribution < -0.4 is 43.1 Å². The number of aryl methyl sites for hydroxylation is 2. The number of halogens is 1. The molecule has 0 unspecified atom stereocenters. The fourth-order valence-corrected chi connectivity index (χ4v) is 8.58. The number of rotatable bonds is 8. The summed E-state index contributed by atoms with van der Waals surface area (Å²) in [5.74, 6) is 0.733. The highest BCUT2D eigenvalue weighted by atomic mass is 127. The van der Waals surface area contributed by atoms with Crippen molar-refractivity contribution in [1.82, 2.24) is 0 Å². The van der Waals surface area contributed by atoms with Crippen LogP contribution in [0.3, 0.4) is 0 Å². The van der Waals surface area contributed by atoms with E-state index >= 15 is 0 Å². The molecule has 0 bridgehead atoms. The van der Waals surface area contributed by atoms with Crippen LogP contribution in [-0.4, -0.2) is 6.15 Å². The van der Waals surface area contributed by atoms with E-state index in [0.29, 0.717) is 0 Å². The summed E-state index contributed by atoms with van der Waals surface area (Å²) in [5, 5.41) is 0. The molecule has 0 aliphatic rings. The van der Waals surface area contributed by atoms with Crippen LogP contribution in [0.2, 0.25) is 0 Å². The van der Waals surface area contributed by atoms with E-state index in [1.165, 1.54) is 48.5 Å². The Kier molecular flexibility index (Phi) is 10.9. The van der Waals surface area contributed by atoms with E-state index in [-0.39, 0.29) is 21.2 Å². The third-order valence-corrected chi connectivity index (χ3v) is 11.4. The number of hydrogen-bond donors (Lipinski definition) is 0. The van der Waals surface area contributed by atoms with Crippen molar-refractivity contribution in [2.45, 2.75) is 34.1 Å². The maximum Gasteiger partial charge on any atom is 0.358 e. The summed E-state index contributed by atoms with van der Waals surface area (Å²) in [5.41, 5.74) is 9.64. The maximum absolute atomic E-state index is 2.38. The van der Waals surface area contributed by atoms with Crippen molar-refractivity contribution in [1.29, 1.82) is 0 Å². The SMILES string of the molecule is Cc1ccc([I+]c2ccc(CC(C)C)cc2C)cc1.c1ccc([B-](c2ccccc2)(c2ccccc2)c2ccccc2)cc1. The molecule has 0 spiro atoms. The highest BCUT2D eigenvalue weighted by molar-refractivity contribution is 7.19. The molecular formula is C42H42BI. The van der Waals surface area contributed by atoms with Gasteiger partial charge in [0, 0.05) is 5.56 Å². The molecule has 0 aromatic heterocycles. The minimum Gasteiger partial charge on any atom is -0.195 e. The zero-order chi connectivity index (χ0) is 30.8. The van der Waals surface area contributed by atoms with Crippen LogP contribution in [-0.2, 0) is 6.42 Å². The average molecular weight is 685 g/mol. The second-order valence-electron chi connectivity index (χ2n) is 12.1. The van der Waals surface area contributed by atoms with Gasteiger partial charge < -0.3 is 0 Å². The molecule has 0 saturated carbocycles. The first kappa shape index (κ1) is 31.5. The third kappa shape index (κ3) is 7.60. The van der Waals surface area contributed by atoms with Crippen LogP contribution in [0.1, 0.15) is 30.5 Å². The molecule has 0 fully saturated rings. The smallest absolute Gasteiger partial charge is 0.195 e. The summed E-state index contributed by atoms with van der Waals surface area (Å²) in [6.45, 7) is 8.96. The van der Waals surface area contributed by atoms with Gasteiger partial charge in [-0.15, -0.1) is 0 Å². The molecule has 6 aromatic carbocycles. The van der Waals surface area contributed by atoms with Crippen molar-refractivity contribution in [3.63, 3.8) is 0 Å². The van der Waals surface area contributed by atoms with Gasteiger partial charge in [0.15, 0.2) is 7.14 Å². The molecule has 6 rings (SSSR count). The van der Waals surface area contributed by atoms with E-state index in [4.69, 9.17) is 0 Å². The monoisotopic (exact) mass is 684 g/mol. The summed E-state index contributed by atoms with van der Waals surface area (Å²) >= 11 is -0.0396. The van der Waals surface area contributed by atoms with Crippen LogP contribution in [0, 0.1) is 26.9 Å². The van der Waals surface area contributed by atoms with Crippen molar-refractivity contribution in [2.75, 3.05) is 0 Å². The van der Waals surface area contributed by atoms with Gasteiger partial charge in [-0.1, -0.05) is 165 Å². The zero-order valence-electron chi connectivity index (χ0n) is 26.3. The second-order valence-corrected chi connectivity index (χ2v) is 15.0. The largest absolute Gasteiger partial charge is 0.358 e. The van der Waals surface area contributed by atoms with Crippen LogP contribution in [0.15, 0.2) is 164 Å². The van der Waals surface area contributed by atoms with Crippen molar-refractivity contribution >= 4 is 28.0 Å². The van der Waals surface area contributed by atoms with Gasteiger partial charge in [0.2, 0.25) is 0 Å². The first-order valence-corrected chi connectivity index (χ1v) is 17.8. The molecule has 2 heteroatoms. The van der Waals surface area contributed by atoms with Crippen molar-refractivity contribution in [2.24, 2.45) is 5.92 Å². The standard InChI is InChI=1S/C24H20B.C18H22I/c1-5-13-21(14-6-1)25(22-15-7-2-8-16-22,23-17-9-3-10-18-23)24-19-11-4-12-20-24;1-13(2)11-16-7-10-18(15(4)12-16)19-17-8-5-14(3)6-9-17/h1-20H;5-10,12-13H,11H2,1-4H3/q-1;+1. The highest BCUT2D eigenvalue weighted by Crippen LogP contribution is 2.11. The van der Waals surface area contributed by atoms with Gasteiger partial charge in [-0.25, -0.2) is 0 Å². The minimum atomic E-state index is -1.22. The Balaban J connectivity index is 0.000000182. The molecular weight excluding hydrogens is 642 g/mol. The van der Waals surface area contributed by atoms with Crippen LogP contribution in [0.5, 0.6) is 0 Å². The molecule has 0 radical (unpaired) electrons. The Morgan fingerprint density at radius 3 is 1.27 bits per heavy atom. The summed E-state index contributed by atoms with van der Waals surface area (Å²) in [4.78, 5) is 0. The van der Waals surface area contributed by atoms with Gasteiger partial charge >= 0.3 is 21.2 Å². The summed E-state index contributed by atoms with van der Waals surface area (Å²) in [7, 11) is 0. The molecule has 0 N–H and O–H groups in total. The third-order valence-electron chi connectivity index (χ3n) is 8.29. The van der Waals surface area contributed by atoms with Crippen molar-refractivity contribution < 1.29 is 21.2 Å². The van der Waals surface area contributed by atoms with E-state index in [0.717, 1.165) is 5.92 Å². The normalized spacial score (nSPS) is 11.1. The van der Waals surface area contributed by atoms with E-state index in [1.54, 1.807) is 3.57 Å². The van der Waals surface area contributed by atoms with Gasteiger partial charge in [0.25, 0.3) is 0 Å². The van der Waals surface area contributed by atoms with Crippen molar-refractivity contribution in [3.8, 4) is 0 Å². The molecule has 6 aromatic rings. The van der Waals surface area contributed by atoms with Crippen LogP contribution in [0.25, 0.3) is 0 Å². The lowest BCUT2D eigenvalue weighted by Gasteiger charge is -2.44. The topological polar surface area (TPSA) is 0 Å². The van der Waals surface area contributed by atoms with Gasteiger partial charge in [-0.05, 0) is 49.9 Å². The number of hydrogen-bond acceptors (Lipinski definition) is 0. The van der Waals surface area contributed by atoms with Gasteiger partial charge in [0.05, 0.1) is 0 Å². The van der Waals surface area contributed by atoms with E-state index in [1.807, 2.05) is 0 Å². The number of benzene rings is 6. The molecule has 0 saturated heterocycles. The second kappa shape index (κ2) is 15.2. The first-order chi connectivity index (χ1) is 21.5. The van der Waals surface area contributed by atoms with E-state index in [9.17, 15) is 0 Å². The van der Waals surface area contributed by atoms with Crippen LogP contribution >= 0.6 is 0 Å². The molecule has 0 aliphatic carbocycles. The summed E-state index contributed by atoms with van der Waals surface area (Å²) in [6.07, 6.45) is -0.0311. The first-order valence-electron chi connectivity index (χ1n) is 15.7. The lowest BCUT2D eigenvalue weighted by atomic mass is 9.13. The fraction of sp³-hybridized carbons (Fsp3) is 0.143. The van der Waals surface area contributed by atoms with Crippen LogP contribution in [0.4, 0.5) is 0 Å². The zero-order valence-corrected chi connectivity index (χ0v) is 28.5. The molecule has 44 heavy (non-hydrogen) atoms. The molecule has 220 valence electrons. The van der Waals surface area contributed by atoms with Gasteiger partial charge in [-0.2, -0.15) is 21.9 Å². The Bertz CT molecular complexity index is 1550. The highest BCUT2D eigenvalue weighted by Gasteiger charge is 2.31. The van der Waals surface area contributed by atoms with Gasteiger partial charge in [0.1, 0.15) is 6.15 Å². The van der Waals surface area contributed by atoms with E-state index < -0.39 is 6.15 Å². The maximum atomic E-state index is 2.38. The summed E-state index contributed by atoms with van der Waals surface area (Å²) in [6, 6.07) is 59.6. The summed E-state index contributed by atoms with van der Waals surface area (Å²) < 4.78 is 3.05. The Hall–Kier alpha value is -3.89. The quantitative estimate of drug-likeness (QED) is 0.161. The Morgan fingerprint density at radius 2 is 0.909 bits per heavy atom. The minimum absolute atomic E-state index is 0.0396. The Labute approximate surface area is 275 Å². The predicted octanol–water partition coefficient (Wildman–Crippen LogP) is 4.69.